The molecule has 1 heterocycles. The van der Waals surface area contributed by atoms with Gasteiger partial charge in [-0.15, -0.1) is 11.8 Å². The number of rotatable bonds is 4. The quantitative estimate of drug-likeness (QED) is 0.692. The van der Waals surface area contributed by atoms with Crippen LogP contribution < -0.4 is 11.1 Å². The minimum Gasteiger partial charge on any atom is -0.364 e. The lowest BCUT2D eigenvalue weighted by Crippen LogP contribution is -2.43. The molecule has 5 heteroatoms. The lowest BCUT2D eigenvalue weighted by Gasteiger charge is -2.31. The van der Waals surface area contributed by atoms with Gasteiger partial charge in [0, 0.05) is 18.1 Å². The third-order valence-electron chi connectivity index (χ3n) is 1.65. The molecule has 1 aliphatic rings. The van der Waals surface area contributed by atoms with Gasteiger partial charge < -0.3 is 16.0 Å². The van der Waals surface area contributed by atoms with E-state index in [1.54, 1.807) is 11.8 Å². The van der Waals surface area contributed by atoms with Crippen LogP contribution in [0.2, 0.25) is 0 Å². The van der Waals surface area contributed by atoms with Crippen LogP contribution in [-0.2, 0) is 0 Å². The van der Waals surface area contributed by atoms with Crippen molar-refractivity contribution < 1.29 is 0 Å². The highest BCUT2D eigenvalue weighted by Gasteiger charge is 2.34. The summed E-state index contributed by atoms with van der Waals surface area (Å²) in [5.41, 5.74) is 6.81. The number of hydrogen-bond acceptors (Lipinski definition) is 5. The van der Waals surface area contributed by atoms with Gasteiger partial charge in [-0.3, -0.25) is 0 Å². The van der Waals surface area contributed by atoms with Gasteiger partial charge in [0.2, 0.25) is 0 Å². The predicted octanol–water partition coefficient (Wildman–Crippen LogP) is 1.05. The molecule has 0 aliphatic carbocycles. The van der Waals surface area contributed by atoms with E-state index in [-0.39, 0.29) is 4.20 Å². The summed E-state index contributed by atoms with van der Waals surface area (Å²) >= 11 is 3.57. The van der Waals surface area contributed by atoms with Gasteiger partial charge in [0.1, 0.15) is 4.20 Å². The zero-order chi connectivity index (χ0) is 9.90. The first-order valence-corrected chi connectivity index (χ1v) is 6.06. The molecule has 0 spiro atoms. The molecule has 3 N–H and O–H groups in total. The molecular weight excluding hydrogens is 202 g/mol. The Morgan fingerprint density at radius 1 is 1.69 bits per heavy atom. The number of nitrogens with two attached hydrogens (primary N) is 1. The first-order chi connectivity index (χ1) is 6.08. The van der Waals surface area contributed by atoms with Gasteiger partial charge >= 0.3 is 0 Å². The molecule has 76 valence electrons. The van der Waals surface area contributed by atoms with E-state index in [0.29, 0.717) is 5.88 Å². The number of allylic oxidation sites excluding steroid dienone is 1. The van der Waals surface area contributed by atoms with Crippen molar-refractivity contribution in [1.29, 1.82) is 0 Å². The maximum Gasteiger partial charge on any atom is 0.148 e. The Bertz CT molecular complexity index is 206. The smallest absolute Gasteiger partial charge is 0.148 e. The SMILES string of the molecule is CC1=CS[C@@](CN(C)C)(SCN)N1. The fourth-order valence-electron chi connectivity index (χ4n) is 1.29. The second-order valence-corrected chi connectivity index (χ2v) is 6.09. The maximum absolute atomic E-state index is 5.58. The van der Waals surface area contributed by atoms with Crippen LogP contribution in [0, 0.1) is 0 Å². The molecular formula is C8H17N3S2. The Morgan fingerprint density at radius 3 is 2.77 bits per heavy atom. The molecule has 0 aromatic rings. The molecule has 3 nitrogen and oxygen atoms in total. The Hall–Kier alpha value is 0.160. The average molecular weight is 219 g/mol. The van der Waals surface area contributed by atoms with Gasteiger partial charge in [0.15, 0.2) is 0 Å². The normalized spacial score (nSPS) is 27.6. The van der Waals surface area contributed by atoms with E-state index in [1.807, 2.05) is 11.8 Å². The van der Waals surface area contributed by atoms with Crippen molar-refractivity contribution in [2.75, 3.05) is 26.5 Å². The van der Waals surface area contributed by atoms with Crippen molar-refractivity contribution in [2.45, 2.75) is 11.1 Å². The highest BCUT2D eigenvalue weighted by molar-refractivity contribution is 8.19. The molecule has 0 saturated heterocycles. The fraction of sp³-hybridized carbons (Fsp3) is 0.750. The second kappa shape index (κ2) is 4.59. The van der Waals surface area contributed by atoms with E-state index in [9.17, 15) is 0 Å². The topological polar surface area (TPSA) is 41.3 Å². The molecule has 1 atom stereocenters. The van der Waals surface area contributed by atoms with Crippen LogP contribution in [0.5, 0.6) is 0 Å². The summed E-state index contributed by atoms with van der Waals surface area (Å²) in [6, 6.07) is 0. The van der Waals surface area contributed by atoms with Gasteiger partial charge in [-0.25, -0.2) is 0 Å². The molecule has 0 saturated carbocycles. The Kier molecular flexibility index (Phi) is 3.97. The third-order valence-corrected chi connectivity index (χ3v) is 4.24. The van der Waals surface area contributed by atoms with E-state index in [4.69, 9.17) is 5.73 Å². The zero-order valence-corrected chi connectivity index (χ0v) is 9.97. The minimum atomic E-state index is 0.0301. The van der Waals surface area contributed by atoms with Gasteiger partial charge in [0.25, 0.3) is 0 Å². The molecule has 13 heavy (non-hydrogen) atoms. The molecule has 0 bridgehead atoms. The Labute approximate surface area is 88.5 Å². The first-order valence-electron chi connectivity index (χ1n) is 4.19. The summed E-state index contributed by atoms with van der Waals surface area (Å²) in [6.45, 7) is 3.06. The van der Waals surface area contributed by atoms with Gasteiger partial charge in [0.05, 0.1) is 0 Å². The van der Waals surface area contributed by atoms with Gasteiger partial charge in [-0.05, 0) is 26.4 Å². The number of hydrogen-bond donors (Lipinski definition) is 2. The van der Waals surface area contributed by atoms with Crippen LogP contribution in [0.1, 0.15) is 6.92 Å². The predicted molar refractivity (Wildman–Crippen MR) is 62.4 cm³/mol. The molecule has 0 fully saturated rings. The van der Waals surface area contributed by atoms with Crippen molar-refractivity contribution in [3.05, 3.63) is 11.1 Å². The first kappa shape index (κ1) is 11.2. The van der Waals surface area contributed by atoms with E-state index in [0.717, 1.165) is 6.54 Å². The summed E-state index contributed by atoms with van der Waals surface area (Å²) in [7, 11) is 4.16. The van der Waals surface area contributed by atoms with Crippen LogP contribution in [-0.4, -0.2) is 35.6 Å². The van der Waals surface area contributed by atoms with Crippen molar-refractivity contribution >= 4 is 23.5 Å². The molecule has 0 aromatic carbocycles. The number of thioether (sulfide) groups is 2. The minimum absolute atomic E-state index is 0.0301. The zero-order valence-electron chi connectivity index (χ0n) is 8.33. The van der Waals surface area contributed by atoms with Crippen molar-refractivity contribution in [3.63, 3.8) is 0 Å². The lowest BCUT2D eigenvalue weighted by atomic mass is 10.5. The van der Waals surface area contributed by atoms with E-state index in [1.165, 1.54) is 5.70 Å². The molecule has 1 aliphatic heterocycles. The largest absolute Gasteiger partial charge is 0.364 e. The number of nitrogens with zero attached hydrogens (tertiary/aromatic N) is 1. The molecule has 0 amide bonds. The molecule has 0 unspecified atom stereocenters. The van der Waals surface area contributed by atoms with Crippen LogP contribution in [0.25, 0.3) is 0 Å². The standard InChI is InChI=1S/C8H17N3S2/c1-7-4-12-8(10-7,13-6-9)5-11(2)3/h4,10H,5-6,9H2,1-3H3/t8-/m0/s1. The Balaban J connectivity index is 2.56. The van der Waals surface area contributed by atoms with E-state index < -0.39 is 0 Å². The summed E-state index contributed by atoms with van der Waals surface area (Å²) in [4.78, 5) is 2.18. The summed E-state index contributed by atoms with van der Waals surface area (Å²) in [5.74, 6) is 0.648. The van der Waals surface area contributed by atoms with Crippen molar-refractivity contribution in [3.8, 4) is 0 Å². The van der Waals surface area contributed by atoms with E-state index >= 15 is 0 Å². The Morgan fingerprint density at radius 2 is 2.38 bits per heavy atom. The van der Waals surface area contributed by atoms with Crippen LogP contribution >= 0.6 is 23.5 Å². The highest BCUT2D eigenvalue weighted by Crippen LogP contribution is 2.40. The third kappa shape index (κ3) is 3.09. The number of likely N-dealkylation sites (N-methyl/N-ethyl adjacent to an activating group) is 1. The van der Waals surface area contributed by atoms with Gasteiger partial charge in [-0.1, -0.05) is 11.8 Å². The average Bonchev–Trinajstić information content (AvgIpc) is 2.31. The summed E-state index contributed by atoms with van der Waals surface area (Å²) in [6.07, 6.45) is 0. The molecule has 1 rings (SSSR count). The number of nitrogens with one attached hydrogen (secondary N) is 1. The van der Waals surface area contributed by atoms with Crippen LogP contribution in [0.4, 0.5) is 0 Å². The molecule has 0 radical (unpaired) electrons. The maximum atomic E-state index is 5.58. The molecule has 0 aromatic heterocycles. The lowest BCUT2D eigenvalue weighted by molar-refractivity contribution is 0.383. The van der Waals surface area contributed by atoms with Crippen molar-refractivity contribution in [1.82, 2.24) is 10.2 Å². The highest BCUT2D eigenvalue weighted by atomic mass is 32.2. The second-order valence-electron chi connectivity index (χ2n) is 3.35. The monoisotopic (exact) mass is 219 g/mol. The summed E-state index contributed by atoms with van der Waals surface area (Å²) in [5, 5.41) is 5.62. The van der Waals surface area contributed by atoms with Crippen LogP contribution in [0.3, 0.4) is 0 Å². The van der Waals surface area contributed by atoms with Crippen molar-refractivity contribution in [2.24, 2.45) is 5.73 Å². The van der Waals surface area contributed by atoms with Gasteiger partial charge in [-0.2, -0.15) is 0 Å². The summed E-state index contributed by atoms with van der Waals surface area (Å²) < 4.78 is 0.0301. The van der Waals surface area contributed by atoms with Crippen LogP contribution in [0.15, 0.2) is 11.1 Å². The fourth-order valence-corrected chi connectivity index (χ4v) is 3.74. The van der Waals surface area contributed by atoms with E-state index in [2.05, 4.69) is 36.6 Å².